The molecule has 1 rings (SSSR count). The van der Waals surface area contributed by atoms with Gasteiger partial charge in [-0.25, -0.2) is 0 Å². The Bertz CT molecular complexity index is 325. The summed E-state index contributed by atoms with van der Waals surface area (Å²) >= 11 is 3.29. The average Bonchev–Trinajstić information content (AvgIpc) is 2.18. The van der Waals surface area contributed by atoms with Gasteiger partial charge in [0.25, 0.3) is 0 Å². The minimum atomic E-state index is -0.0788. The highest BCUT2D eigenvalue weighted by Crippen LogP contribution is 2.32. The van der Waals surface area contributed by atoms with Crippen molar-refractivity contribution in [3.05, 3.63) is 28.2 Å². The number of hydrogen-bond donors (Lipinski definition) is 2. The van der Waals surface area contributed by atoms with Crippen LogP contribution in [0.25, 0.3) is 0 Å². The van der Waals surface area contributed by atoms with Crippen LogP contribution in [0.4, 0.5) is 0 Å². The van der Waals surface area contributed by atoms with Crippen LogP contribution in [0.5, 0.6) is 5.75 Å². The monoisotopic (exact) mass is 271 g/mol. The van der Waals surface area contributed by atoms with E-state index in [0.717, 1.165) is 18.4 Å². The number of hydrogen-bond acceptors (Lipinski definition) is 2. The lowest BCUT2D eigenvalue weighted by Gasteiger charge is -2.15. The number of phenolic OH excluding ortho intramolecular Hbond substituents is 1. The van der Waals surface area contributed by atoms with Gasteiger partial charge in [-0.3, -0.25) is 0 Å². The summed E-state index contributed by atoms with van der Waals surface area (Å²) in [7, 11) is 0. The normalized spacial score (nSPS) is 13.1. The quantitative estimate of drug-likeness (QED) is 0.879. The number of benzene rings is 1. The first-order valence-electron chi connectivity index (χ1n) is 5.25. The highest BCUT2D eigenvalue weighted by Gasteiger charge is 2.12. The lowest BCUT2D eigenvalue weighted by atomic mass is 9.98. The van der Waals surface area contributed by atoms with Gasteiger partial charge in [0.15, 0.2) is 0 Å². The second-order valence-corrected chi connectivity index (χ2v) is 5.11. The second-order valence-electron chi connectivity index (χ2n) is 4.26. The Morgan fingerprint density at radius 2 is 2.00 bits per heavy atom. The van der Waals surface area contributed by atoms with Crippen molar-refractivity contribution in [1.82, 2.24) is 0 Å². The summed E-state index contributed by atoms with van der Waals surface area (Å²) in [5.41, 5.74) is 6.86. The second kappa shape index (κ2) is 5.52. The molecule has 0 aliphatic carbocycles. The zero-order valence-corrected chi connectivity index (χ0v) is 10.8. The van der Waals surface area contributed by atoms with E-state index in [0.29, 0.717) is 10.4 Å². The topological polar surface area (TPSA) is 46.2 Å². The Morgan fingerprint density at radius 3 is 2.60 bits per heavy atom. The average molecular weight is 272 g/mol. The van der Waals surface area contributed by atoms with Crippen LogP contribution in [-0.2, 0) is 0 Å². The van der Waals surface area contributed by atoms with Crippen molar-refractivity contribution < 1.29 is 5.11 Å². The summed E-state index contributed by atoms with van der Waals surface area (Å²) in [6.07, 6.45) is 1.98. The van der Waals surface area contributed by atoms with Crippen molar-refractivity contribution in [2.45, 2.75) is 32.7 Å². The van der Waals surface area contributed by atoms with Crippen LogP contribution >= 0.6 is 15.9 Å². The van der Waals surface area contributed by atoms with Crippen molar-refractivity contribution in [2.75, 3.05) is 0 Å². The van der Waals surface area contributed by atoms with Gasteiger partial charge in [-0.15, -0.1) is 0 Å². The fraction of sp³-hybridized carbons (Fsp3) is 0.500. The summed E-state index contributed by atoms with van der Waals surface area (Å²) in [5, 5.41) is 9.81. The van der Waals surface area contributed by atoms with Crippen LogP contribution in [0, 0.1) is 5.92 Å². The van der Waals surface area contributed by atoms with E-state index in [9.17, 15) is 5.11 Å². The van der Waals surface area contributed by atoms with Crippen molar-refractivity contribution in [2.24, 2.45) is 11.7 Å². The van der Waals surface area contributed by atoms with E-state index < -0.39 is 0 Å². The molecule has 0 bridgehead atoms. The molecular weight excluding hydrogens is 254 g/mol. The van der Waals surface area contributed by atoms with Gasteiger partial charge in [-0.1, -0.05) is 26.0 Å². The molecule has 0 aliphatic heterocycles. The maximum absolute atomic E-state index is 9.81. The standard InChI is InChI=1S/C12H18BrNO/c1-8(2)6-7-11(14)9-4-3-5-10(13)12(9)15/h3-5,8,11,15H,6-7,14H2,1-2H3/t11-/m1/s1. The molecule has 15 heavy (non-hydrogen) atoms. The molecule has 0 heterocycles. The molecule has 3 heteroatoms. The molecule has 2 nitrogen and oxygen atoms in total. The van der Waals surface area contributed by atoms with E-state index in [1.165, 1.54) is 0 Å². The summed E-state index contributed by atoms with van der Waals surface area (Å²) in [5.74, 6) is 0.916. The van der Waals surface area contributed by atoms with Crippen molar-refractivity contribution >= 4 is 15.9 Å². The minimum absolute atomic E-state index is 0.0788. The van der Waals surface area contributed by atoms with E-state index in [2.05, 4.69) is 29.8 Å². The van der Waals surface area contributed by atoms with Gasteiger partial charge in [-0.05, 0) is 40.8 Å². The van der Waals surface area contributed by atoms with Crippen LogP contribution in [0.1, 0.15) is 38.3 Å². The van der Waals surface area contributed by atoms with Gasteiger partial charge in [0.2, 0.25) is 0 Å². The van der Waals surface area contributed by atoms with Gasteiger partial charge in [0.05, 0.1) is 4.47 Å². The highest BCUT2D eigenvalue weighted by atomic mass is 79.9. The molecule has 0 radical (unpaired) electrons. The summed E-state index contributed by atoms with van der Waals surface area (Å²) < 4.78 is 0.708. The highest BCUT2D eigenvalue weighted by molar-refractivity contribution is 9.10. The Labute approximate surface area is 99.6 Å². The Morgan fingerprint density at radius 1 is 1.33 bits per heavy atom. The number of nitrogens with two attached hydrogens (primary N) is 1. The van der Waals surface area contributed by atoms with Gasteiger partial charge in [0.1, 0.15) is 5.75 Å². The number of phenols is 1. The van der Waals surface area contributed by atoms with Crippen molar-refractivity contribution in [1.29, 1.82) is 0 Å². The minimum Gasteiger partial charge on any atom is -0.506 e. The van der Waals surface area contributed by atoms with Gasteiger partial charge >= 0.3 is 0 Å². The molecule has 1 aromatic carbocycles. The largest absolute Gasteiger partial charge is 0.506 e. The number of para-hydroxylation sites is 1. The first-order valence-corrected chi connectivity index (χ1v) is 6.04. The van der Waals surface area contributed by atoms with Crippen LogP contribution < -0.4 is 5.73 Å². The van der Waals surface area contributed by atoms with Gasteiger partial charge in [-0.2, -0.15) is 0 Å². The Kier molecular flexibility index (Phi) is 4.61. The SMILES string of the molecule is CC(C)CC[C@@H](N)c1cccc(Br)c1O. The number of rotatable bonds is 4. The van der Waals surface area contributed by atoms with Gasteiger partial charge < -0.3 is 10.8 Å². The smallest absolute Gasteiger partial charge is 0.134 e. The molecular formula is C12H18BrNO. The van der Waals surface area contributed by atoms with E-state index in [1.807, 2.05) is 18.2 Å². The molecule has 3 N–H and O–H groups in total. The zero-order chi connectivity index (χ0) is 11.4. The molecule has 1 aromatic rings. The predicted octanol–water partition coefficient (Wildman–Crippen LogP) is 3.59. The third kappa shape index (κ3) is 3.50. The van der Waals surface area contributed by atoms with Crippen LogP contribution in [0.2, 0.25) is 0 Å². The fourth-order valence-electron chi connectivity index (χ4n) is 1.50. The third-order valence-electron chi connectivity index (χ3n) is 2.47. The third-order valence-corrected chi connectivity index (χ3v) is 3.11. The van der Waals surface area contributed by atoms with Crippen LogP contribution in [0.15, 0.2) is 22.7 Å². The summed E-state index contributed by atoms with van der Waals surface area (Å²) in [6.45, 7) is 4.35. The lowest BCUT2D eigenvalue weighted by molar-refractivity contribution is 0.445. The molecule has 0 aliphatic rings. The lowest BCUT2D eigenvalue weighted by Crippen LogP contribution is -2.11. The molecule has 1 atom stereocenters. The first-order chi connectivity index (χ1) is 7.02. The number of aromatic hydroxyl groups is 1. The van der Waals surface area contributed by atoms with E-state index >= 15 is 0 Å². The predicted molar refractivity (Wildman–Crippen MR) is 66.8 cm³/mol. The van der Waals surface area contributed by atoms with Gasteiger partial charge in [0, 0.05) is 11.6 Å². The molecule has 0 fully saturated rings. The maximum Gasteiger partial charge on any atom is 0.134 e. The molecule has 0 unspecified atom stereocenters. The van der Waals surface area contributed by atoms with Crippen molar-refractivity contribution in [3.8, 4) is 5.75 Å². The van der Waals surface area contributed by atoms with E-state index in [1.54, 1.807) is 0 Å². The zero-order valence-electron chi connectivity index (χ0n) is 9.20. The van der Waals surface area contributed by atoms with Crippen LogP contribution in [0.3, 0.4) is 0 Å². The maximum atomic E-state index is 9.81. The van der Waals surface area contributed by atoms with E-state index in [4.69, 9.17) is 5.73 Å². The molecule has 0 spiro atoms. The Balaban J connectivity index is 2.73. The molecule has 0 amide bonds. The molecule has 0 aromatic heterocycles. The molecule has 0 saturated carbocycles. The fourth-order valence-corrected chi connectivity index (χ4v) is 1.88. The van der Waals surface area contributed by atoms with Crippen LogP contribution in [-0.4, -0.2) is 5.11 Å². The Hall–Kier alpha value is -0.540. The molecule has 84 valence electrons. The summed E-state index contributed by atoms with van der Waals surface area (Å²) in [4.78, 5) is 0. The van der Waals surface area contributed by atoms with Crippen molar-refractivity contribution in [3.63, 3.8) is 0 Å². The first kappa shape index (κ1) is 12.5. The molecule has 0 saturated heterocycles. The van der Waals surface area contributed by atoms with E-state index in [-0.39, 0.29) is 11.8 Å². The number of halogens is 1. The summed E-state index contributed by atoms with van der Waals surface area (Å²) in [6, 6.07) is 5.51.